The molecule has 0 aliphatic rings. The van der Waals surface area contributed by atoms with Crippen molar-refractivity contribution in [3.8, 4) is 5.75 Å². The molecule has 0 fully saturated rings. The summed E-state index contributed by atoms with van der Waals surface area (Å²) in [4.78, 5) is 23.3. The molecule has 0 radical (unpaired) electrons. The molecule has 0 unspecified atom stereocenters. The number of hydrogen-bond acceptors (Lipinski definition) is 4. The van der Waals surface area contributed by atoms with Crippen LogP contribution in [0.5, 0.6) is 5.75 Å². The van der Waals surface area contributed by atoms with Crippen molar-refractivity contribution in [2.24, 2.45) is 0 Å². The van der Waals surface area contributed by atoms with Gasteiger partial charge in [0.05, 0.1) is 6.07 Å². The summed E-state index contributed by atoms with van der Waals surface area (Å²) >= 11 is 0. The number of aryl methyl sites for hydroxylation is 1. The smallest absolute Gasteiger partial charge is 0.339 e. The van der Waals surface area contributed by atoms with Crippen molar-refractivity contribution in [1.82, 2.24) is 4.57 Å². The zero-order valence-electron chi connectivity index (χ0n) is 9.85. The van der Waals surface area contributed by atoms with Crippen LogP contribution >= 0.6 is 0 Å². The molecular weight excluding hydrogens is 222 g/mol. The molecule has 0 bridgehead atoms. The summed E-state index contributed by atoms with van der Waals surface area (Å²) in [6.45, 7) is 5.50. The van der Waals surface area contributed by atoms with Gasteiger partial charge < -0.3 is 14.1 Å². The van der Waals surface area contributed by atoms with Gasteiger partial charge in [0.25, 0.3) is 5.56 Å². The van der Waals surface area contributed by atoms with E-state index in [1.807, 2.05) is 13.8 Å². The van der Waals surface area contributed by atoms with E-state index in [-0.39, 0.29) is 28.3 Å². The number of fused-ring (bicyclic) bond motifs is 1. The summed E-state index contributed by atoms with van der Waals surface area (Å²) in [5.74, 6) is -0.337. The van der Waals surface area contributed by atoms with Crippen molar-refractivity contribution in [2.75, 3.05) is 0 Å². The fourth-order valence-corrected chi connectivity index (χ4v) is 2.00. The molecule has 0 aliphatic carbocycles. The summed E-state index contributed by atoms with van der Waals surface area (Å²) in [5.41, 5.74) is -0.215. The maximum atomic E-state index is 12.2. The SMILES string of the molecule is Cc1cc2oc(=O)cc(O)c2c(=O)n1C(C)C. The van der Waals surface area contributed by atoms with Crippen molar-refractivity contribution in [3.05, 3.63) is 38.6 Å². The van der Waals surface area contributed by atoms with Crippen LogP contribution in [0, 0.1) is 6.92 Å². The number of hydrogen-bond donors (Lipinski definition) is 1. The highest BCUT2D eigenvalue weighted by molar-refractivity contribution is 5.82. The van der Waals surface area contributed by atoms with Gasteiger partial charge in [0.1, 0.15) is 16.7 Å². The van der Waals surface area contributed by atoms with Gasteiger partial charge in [-0.25, -0.2) is 4.79 Å². The maximum absolute atomic E-state index is 12.2. The molecule has 0 aliphatic heterocycles. The fourth-order valence-electron chi connectivity index (χ4n) is 2.00. The molecule has 2 aromatic heterocycles. The average molecular weight is 235 g/mol. The Morgan fingerprint density at radius 3 is 2.53 bits per heavy atom. The number of nitrogens with zero attached hydrogens (tertiary/aromatic N) is 1. The summed E-state index contributed by atoms with van der Waals surface area (Å²) < 4.78 is 6.45. The van der Waals surface area contributed by atoms with Gasteiger partial charge in [-0.05, 0) is 20.8 Å². The summed E-state index contributed by atoms with van der Waals surface area (Å²) in [6.07, 6.45) is 0. The minimum Gasteiger partial charge on any atom is -0.507 e. The first-order chi connectivity index (χ1) is 7.91. The first-order valence-corrected chi connectivity index (χ1v) is 5.30. The predicted molar refractivity (Wildman–Crippen MR) is 63.5 cm³/mol. The van der Waals surface area contributed by atoms with Crippen LogP contribution in [0.15, 0.2) is 26.1 Å². The molecule has 2 rings (SSSR count). The van der Waals surface area contributed by atoms with Crippen LogP contribution in [-0.2, 0) is 0 Å². The minimum atomic E-state index is -0.670. The molecule has 17 heavy (non-hydrogen) atoms. The molecule has 2 aromatic rings. The van der Waals surface area contributed by atoms with E-state index in [1.165, 1.54) is 0 Å². The van der Waals surface area contributed by atoms with E-state index in [9.17, 15) is 14.7 Å². The maximum Gasteiger partial charge on any atom is 0.339 e. The Hall–Kier alpha value is -2.04. The minimum absolute atomic E-state index is 0.0294. The molecule has 5 nitrogen and oxygen atoms in total. The van der Waals surface area contributed by atoms with Crippen molar-refractivity contribution >= 4 is 11.0 Å². The molecular formula is C12H13NO4. The highest BCUT2D eigenvalue weighted by atomic mass is 16.4. The van der Waals surface area contributed by atoms with E-state index >= 15 is 0 Å². The molecule has 1 N–H and O–H groups in total. The Bertz CT molecular complexity index is 694. The van der Waals surface area contributed by atoms with Crippen LogP contribution in [0.1, 0.15) is 25.6 Å². The van der Waals surface area contributed by atoms with E-state index < -0.39 is 5.63 Å². The Morgan fingerprint density at radius 1 is 1.29 bits per heavy atom. The van der Waals surface area contributed by atoms with Crippen LogP contribution in [-0.4, -0.2) is 9.67 Å². The van der Waals surface area contributed by atoms with Gasteiger partial charge >= 0.3 is 5.63 Å². The lowest BCUT2D eigenvalue weighted by molar-refractivity contribution is 0.464. The Morgan fingerprint density at radius 2 is 1.94 bits per heavy atom. The zero-order chi connectivity index (χ0) is 12.7. The van der Waals surface area contributed by atoms with Gasteiger partial charge in [-0.2, -0.15) is 0 Å². The van der Waals surface area contributed by atoms with Crippen LogP contribution in [0.25, 0.3) is 11.0 Å². The topological polar surface area (TPSA) is 72.4 Å². The molecule has 2 heterocycles. The number of aromatic nitrogens is 1. The van der Waals surface area contributed by atoms with Crippen molar-refractivity contribution < 1.29 is 9.52 Å². The quantitative estimate of drug-likeness (QED) is 0.813. The number of pyridine rings is 1. The first-order valence-electron chi connectivity index (χ1n) is 5.30. The second-order valence-electron chi connectivity index (χ2n) is 4.24. The molecule has 0 spiro atoms. The molecule has 0 saturated carbocycles. The predicted octanol–water partition coefficient (Wildman–Crippen LogP) is 1.55. The highest BCUT2D eigenvalue weighted by Crippen LogP contribution is 2.20. The van der Waals surface area contributed by atoms with Crippen molar-refractivity contribution in [1.29, 1.82) is 0 Å². The Kier molecular flexibility index (Phi) is 2.53. The lowest BCUT2D eigenvalue weighted by atomic mass is 10.2. The van der Waals surface area contributed by atoms with Gasteiger partial charge in [-0.15, -0.1) is 0 Å². The molecule has 5 heteroatoms. The average Bonchev–Trinajstić information content (AvgIpc) is 2.13. The summed E-state index contributed by atoms with van der Waals surface area (Å²) in [7, 11) is 0. The van der Waals surface area contributed by atoms with Crippen LogP contribution in [0.2, 0.25) is 0 Å². The van der Waals surface area contributed by atoms with Crippen LogP contribution in [0.4, 0.5) is 0 Å². The second-order valence-corrected chi connectivity index (χ2v) is 4.24. The third-order valence-electron chi connectivity index (χ3n) is 2.64. The molecule has 0 atom stereocenters. The normalized spacial score (nSPS) is 11.3. The van der Waals surface area contributed by atoms with Crippen molar-refractivity contribution in [2.45, 2.75) is 26.8 Å². The number of rotatable bonds is 1. The van der Waals surface area contributed by atoms with Gasteiger partial charge in [0, 0.05) is 17.8 Å². The van der Waals surface area contributed by atoms with Crippen molar-refractivity contribution in [3.63, 3.8) is 0 Å². The summed E-state index contributed by atoms with van der Waals surface area (Å²) in [5, 5.41) is 9.70. The molecule has 0 saturated heterocycles. The fraction of sp³-hybridized carbons (Fsp3) is 0.333. The molecule has 0 amide bonds. The van der Waals surface area contributed by atoms with Crippen LogP contribution in [0.3, 0.4) is 0 Å². The largest absolute Gasteiger partial charge is 0.507 e. The number of aromatic hydroxyl groups is 1. The lowest BCUT2D eigenvalue weighted by Crippen LogP contribution is -2.24. The van der Waals surface area contributed by atoms with E-state index in [1.54, 1.807) is 17.6 Å². The second kappa shape index (κ2) is 3.76. The monoisotopic (exact) mass is 235 g/mol. The van der Waals surface area contributed by atoms with Gasteiger partial charge in [0.2, 0.25) is 0 Å². The molecule has 0 aromatic carbocycles. The van der Waals surface area contributed by atoms with E-state index in [4.69, 9.17) is 4.42 Å². The third-order valence-corrected chi connectivity index (χ3v) is 2.64. The van der Waals surface area contributed by atoms with E-state index in [0.29, 0.717) is 5.69 Å². The highest BCUT2D eigenvalue weighted by Gasteiger charge is 2.14. The van der Waals surface area contributed by atoms with E-state index in [0.717, 1.165) is 6.07 Å². The van der Waals surface area contributed by atoms with Gasteiger partial charge in [-0.3, -0.25) is 4.79 Å². The Balaban J connectivity index is 3.03. The lowest BCUT2D eigenvalue weighted by Gasteiger charge is -2.14. The first kappa shape index (κ1) is 11.4. The van der Waals surface area contributed by atoms with Crippen LogP contribution < -0.4 is 11.2 Å². The van der Waals surface area contributed by atoms with Gasteiger partial charge in [-0.1, -0.05) is 0 Å². The third kappa shape index (κ3) is 1.73. The molecule has 90 valence electrons. The summed E-state index contributed by atoms with van der Waals surface area (Å²) in [6, 6.07) is 2.46. The standard InChI is InChI=1S/C12H13NO4/c1-6(2)13-7(3)4-9-11(12(13)16)8(14)5-10(15)17-9/h4-6,14H,1-3H3. The van der Waals surface area contributed by atoms with E-state index in [2.05, 4.69) is 0 Å². The zero-order valence-corrected chi connectivity index (χ0v) is 9.85. The van der Waals surface area contributed by atoms with Gasteiger partial charge in [0.15, 0.2) is 0 Å². The Labute approximate surface area is 96.9 Å².